The summed E-state index contributed by atoms with van der Waals surface area (Å²) < 4.78 is 19.2. The van der Waals surface area contributed by atoms with Gasteiger partial charge in [-0.2, -0.15) is 0 Å². The van der Waals surface area contributed by atoms with E-state index in [2.05, 4.69) is 13.8 Å². The number of hydrogen-bond donors (Lipinski definition) is 2. The maximum Gasteiger partial charge on any atom is 0.139 e. The fourth-order valence-corrected chi connectivity index (χ4v) is 1.40. The summed E-state index contributed by atoms with van der Waals surface area (Å²) in [6.07, 6.45) is 0.952. The Hall–Kier alpha value is -1.42. The van der Waals surface area contributed by atoms with E-state index in [-0.39, 0.29) is 18.0 Å². The van der Waals surface area contributed by atoms with Crippen LogP contribution < -0.4 is 5.73 Å². The summed E-state index contributed by atoms with van der Waals surface area (Å²) in [4.78, 5) is 0. The highest BCUT2D eigenvalue weighted by Gasteiger charge is 2.09. The van der Waals surface area contributed by atoms with Crippen LogP contribution in [0.3, 0.4) is 0 Å². The van der Waals surface area contributed by atoms with Gasteiger partial charge in [0.2, 0.25) is 0 Å². The molecule has 0 spiro atoms. The van der Waals surface area contributed by atoms with Gasteiger partial charge in [0.05, 0.1) is 12.2 Å². The molecule has 0 atom stereocenters. The predicted octanol–water partition coefficient (Wildman–Crippen LogP) is 2.67. The molecule has 0 aliphatic rings. The number of ether oxygens (including phenoxy) is 1. The molecule has 0 bridgehead atoms. The first kappa shape index (κ1) is 13.6. The molecule has 3 N–H and O–H groups in total. The van der Waals surface area contributed by atoms with E-state index in [4.69, 9.17) is 15.9 Å². The molecular formula is C13H19FN2O. The van der Waals surface area contributed by atoms with Gasteiger partial charge in [0.15, 0.2) is 0 Å². The van der Waals surface area contributed by atoms with E-state index in [1.807, 2.05) is 0 Å². The van der Waals surface area contributed by atoms with E-state index in [1.54, 1.807) is 12.1 Å². The summed E-state index contributed by atoms with van der Waals surface area (Å²) in [6.45, 7) is 5.06. The first-order valence-corrected chi connectivity index (χ1v) is 5.72. The van der Waals surface area contributed by atoms with Crippen LogP contribution in [0, 0.1) is 17.1 Å². The molecule has 1 aromatic carbocycles. The van der Waals surface area contributed by atoms with Crippen molar-refractivity contribution in [1.29, 1.82) is 5.41 Å². The first-order chi connectivity index (χ1) is 8.02. The molecule has 0 aromatic heterocycles. The standard InChI is InChI=1S/C13H19FN2O/c1-9(2)6-7-17-8-10-4-3-5-11(12(10)14)13(15)16/h3-5,9H,6-8H2,1-2H3,(H3,15,16). The minimum atomic E-state index is -0.454. The van der Waals surface area contributed by atoms with Crippen LogP contribution in [0.2, 0.25) is 0 Å². The molecule has 0 saturated heterocycles. The van der Waals surface area contributed by atoms with Crippen molar-refractivity contribution < 1.29 is 9.13 Å². The molecule has 17 heavy (non-hydrogen) atoms. The van der Waals surface area contributed by atoms with E-state index in [0.717, 1.165) is 6.42 Å². The first-order valence-electron chi connectivity index (χ1n) is 5.72. The van der Waals surface area contributed by atoms with Crippen molar-refractivity contribution in [1.82, 2.24) is 0 Å². The monoisotopic (exact) mass is 238 g/mol. The number of halogens is 1. The summed E-state index contributed by atoms with van der Waals surface area (Å²) in [5.41, 5.74) is 5.86. The normalized spacial score (nSPS) is 10.8. The summed E-state index contributed by atoms with van der Waals surface area (Å²) in [7, 11) is 0. The van der Waals surface area contributed by atoms with E-state index < -0.39 is 5.82 Å². The van der Waals surface area contributed by atoms with Crippen LogP contribution in [-0.4, -0.2) is 12.4 Å². The van der Waals surface area contributed by atoms with Crippen LogP contribution in [-0.2, 0) is 11.3 Å². The Morgan fingerprint density at radius 2 is 2.18 bits per heavy atom. The number of nitrogen functional groups attached to an aromatic ring is 1. The molecule has 0 aliphatic heterocycles. The van der Waals surface area contributed by atoms with Gasteiger partial charge in [-0.1, -0.05) is 26.0 Å². The Morgan fingerprint density at radius 1 is 1.47 bits per heavy atom. The molecule has 94 valence electrons. The Balaban J connectivity index is 2.59. The van der Waals surface area contributed by atoms with Gasteiger partial charge in [-0.3, -0.25) is 5.41 Å². The van der Waals surface area contributed by atoms with Gasteiger partial charge in [-0.25, -0.2) is 4.39 Å². The van der Waals surface area contributed by atoms with Crippen molar-refractivity contribution in [3.63, 3.8) is 0 Å². The summed E-state index contributed by atoms with van der Waals surface area (Å²) >= 11 is 0. The minimum Gasteiger partial charge on any atom is -0.384 e. The Bertz CT molecular complexity index is 391. The molecule has 0 unspecified atom stereocenters. The highest BCUT2D eigenvalue weighted by atomic mass is 19.1. The quantitative estimate of drug-likeness (QED) is 0.455. The Morgan fingerprint density at radius 3 is 2.76 bits per heavy atom. The van der Waals surface area contributed by atoms with Crippen molar-refractivity contribution in [3.8, 4) is 0 Å². The zero-order chi connectivity index (χ0) is 12.8. The predicted molar refractivity (Wildman–Crippen MR) is 66.5 cm³/mol. The topological polar surface area (TPSA) is 59.1 Å². The van der Waals surface area contributed by atoms with Gasteiger partial charge in [0.25, 0.3) is 0 Å². The fraction of sp³-hybridized carbons (Fsp3) is 0.462. The molecule has 0 radical (unpaired) electrons. The van der Waals surface area contributed by atoms with Crippen LogP contribution in [0.5, 0.6) is 0 Å². The van der Waals surface area contributed by atoms with Crippen molar-refractivity contribution in [3.05, 3.63) is 35.1 Å². The number of benzene rings is 1. The van der Waals surface area contributed by atoms with Crippen LogP contribution in [0.4, 0.5) is 4.39 Å². The van der Waals surface area contributed by atoms with Crippen molar-refractivity contribution in [2.24, 2.45) is 11.7 Å². The van der Waals surface area contributed by atoms with E-state index in [9.17, 15) is 4.39 Å². The van der Waals surface area contributed by atoms with E-state index in [0.29, 0.717) is 18.1 Å². The molecule has 0 aliphatic carbocycles. The number of amidine groups is 1. The summed E-state index contributed by atoms with van der Waals surface area (Å²) in [5, 5.41) is 7.24. The fourth-order valence-electron chi connectivity index (χ4n) is 1.40. The zero-order valence-corrected chi connectivity index (χ0v) is 10.3. The van der Waals surface area contributed by atoms with Crippen LogP contribution >= 0.6 is 0 Å². The molecule has 1 rings (SSSR count). The summed E-state index contributed by atoms with van der Waals surface area (Å²) in [6, 6.07) is 4.83. The van der Waals surface area contributed by atoms with Gasteiger partial charge < -0.3 is 10.5 Å². The lowest BCUT2D eigenvalue weighted by Crippen LogP contribution is -2.14. The van der Waals surface area contributed by atoms with Gasteiger partial charge in [-0.05, 0) is 18.4 Å². The number of hydrogen-bond acceptors (Lipinski definition) is 2. The second-order valence-electron chi connectivity index (χ2n) is 4.43. The van der Waals surface area contributed by atoms with Crippen molar-refractivity contribution in [2.45, 2.75) is 26.9 Å². The molecule has 0 heterocycles. The van der Waals surface area contributed by atoms with Crippen molar-refractivity contribution in [2.75, 3.05) is 6.61 Å². The second-order valence-corrected chi connectivity index (χ2v) is 4.43. The third-order valence-corrected chi connectivity index (χ3v) is 2.47. The lowest BCUT2D eigenvalue weighted by atomic mass is 10.1. The lowest BCUT2D eigenvalue weighted by Gasteiger charge is -2.09. The second kappa shape index (κ2) is 6.35. The molecule has 0 fully saturated rings. The van der Waals surface area contributed by atoms with Gasteiger partial charge in [0.1, 0.15) is 11.7 Å². The highest BCUT2D eigenvalue weighted by molar-refractivity contribution is 5.95. The van der Waals surface area contributed by atoms with Crippen LogP contribution in [0.15, 0.2) is 18.2 Å². The molecule has 4 heteroatoms. The minimum absolute atomic E-state index is 0.134. The van der Waals surface area contributed by atoms with Crippen molar-refractivity contribution >= 4 is 5.84 Å². The number of rotatable bonds is 6. The van der Waals surface area contributed by atoms with Crippen LogP contribution in [0.25, 0.3) is 0 Å². The third kappa shape index (κ3) is 4.15. The van der Waals surface area contributed by atoms with E-state index >= 15 is 0 Å². The summed E-state index contributed by atoms with van der Waals surface area (Å²) in [5.74, 6) is -0.139. The van der Waals surface area contributed by atoms with Crippen LogP contribution in [0.1, 0.15) is 31.4 Å². The van der Waals surface area contributed by atoms with Gasteiger partial charge in [-0.15, -0.1) is 0 Å². The Labute approximate surface area is 101 Å². The maximum atomic E-state index is 13.8. The van der Waals surface area contributed by atoms with Gasteiger partial charge in [0, 0.05) is 12.2 Å². The smallest absolute Gasteiger partial charge is 0.139 e. The number of nitrogens with two attached hydrogens (primary N) is 1. The average Bonchev–Trinajstić information content (AvgIpc) is 2.25. The number of nitrogens with one attached hydrogen (secondary N) is 1. The molecule has 0 amide bonds. The van der Waals surface area contributed by atoms with E-state index in [1.165, 1.54) is 6.07 Å². The molecule has 3 nitrogen and oxygen atoms in total. The largest absolute Gasteiger partial charge is 0.384 e. The highest BCUT2D eigenvalue weighted by Crippen LogP contribution is 2.14. The zero-order valence-electron chi connectivity index (χ0n) is 10.3. The molecule has 0 saturated carbocycles. The third-order valence-electron chi connectivity index (χ3n) is 2.47. The Kier molecular flexibility index (Phi) is 5.10. The molecular weight excluding hydrogens is 219 g/mol. The average molecular weight is 238 g/mol. The lowest BCUT2D eigenvalue weighted by molar-refractivity contribution is 0.108. The van der Waals surface area contributed by atoms with Gasteiger partial charge >= 0.3 is 0 Å². The molecule has 1 aromatic rings. The SMILES string of the molecule is CC(C)CCOCc1cccc(C(=N)N)c1F. The maximum absolute atomic E-state index is 13.8.